The van der Waals surface area contributed by atoms with Crippen LogP contribution in [0.5, 0.6) is 11.5 Å². The molecule has 7 heteroatoms. The maximum atomic E-state index is 12.2. The van der Waals surface area contributed by atoms with Gasteiger partial charge in [-0.2, -0.15) is 0 Å². The zero-order valence-electron chi connectivity index (χ0n) is 15.0. The van der Waals surface area contributed by atoms with E-state index in [4.69, 9.17) is 5.73 Å². The summed E-state index contributed by atoms with van der Waals surface area (Å²) in [4.78, 5) is 24.2. The highest BCUT2D eigenvalue weighted by atomic mass is 16.3. The molecule has 27 heavy (non-hydrogen) atoms. The second-order valence-electron chi connectivity index (χ2n) is 6.19. The first-order valence-corrected chi connectivity index (χ1v) is 8.88. The molecule has 2 rings (SSSR count). The summed E-state index contributed by atoms with van der Waals surface area (Å²) in [7, 11) is 0. The van der Waals surface area contributed by atoms with Crippen molar-refractivity contribution in [2.75, 3.05) is 13.1 Å². The highest BCUT2D eigenvalue weighted by molar-refractivity contribution is 5.97. The molecule has 0 spiro atoms. The molecule has 0 aliphatic carbocycles. The summed E-state index contributed by atoms with van der Waals surface area (Å²) < 4.78 is 0. The monoisotopic (exact) mass is 371 g/mol. The molecule has 2 amide bonds. The number of nitrogens with two attached hydrogens (primary N) is 1. The number of carbonyl (C=O) groups is 2. The molecule has 0 unspecified atom stereocenters. The van der Waals surface area contributed by atoms with E-state index in [9.17, 15) is 19.8 Å². The number of aromatic hydroxyl groups is 2. The molecule has 0 saturated carbocycles. The van der Waals surface area contributed by atoms with E-state index in [-0.39, 0.29) is 47.0 Å². The molecule has 0 saturated heterocycles. The number of hydrogen-bond donors (Lipinski definition) is 5. The van der Waals surface area contributed by atoms with Crippen LogP contribution in [-0.2, 0) is 0 Å². The van der Waals surface area contributed by atoms with Crippen molar-refractivity contribution in [3.05, 3.63) is 59.7 Å². The minimum Gasteiger partial charge on any atom is -0.507 e. The van der Waals surface area contributed by atoms with Crippen LogP contribution < -0.4 is 16.4 Å². The van der Waals surface area contributed by atoms with E-state index in [1.165, 1.54) is 12.1 Å². The van der Waals surface area contributed by atoms with Crippen LogP contribution in [0.1, 0.15) is 40.0 Å². The molecule has 0 heterocycles. The lowest BCUT2D eigenvalue weighted by Gasteiger charge is -2.17. The van der Waals surface area contributed by atoms with E-state index >= 15 is 0 Å². The van der Waals surface area contributed by atoms with Gasteiger partial charge in [0.15, 0.2) is 0 Å². The third kappa shape index (κ3) is 6.00. The summed E-state index contributed by atoms with van der Waals surface area (Å²) in [6.45, 7) is 0.738. The number of hydrogen-bond acceptors (Lipinski definition) is 5. The first-order valence-electron chi connectivity index (χ1n) is 8.88. The van der Waals surface area contributed by atoms with Crippen molar-refractivity contribution in [3.8, 4) is 11.5 Å². The van der Waals surface area contributed by atoms with Crippen LogP contribution in [0, 0.1) is 0 Å². The number of benzene rings is 2. The van der Waals surface area contributed by atoms with Gasteiger partial charge in [0.05, 0.1) is 11.1 Å². The number of carbonyl (C=O) groups excluding carboxylic acids is 2. The Balaban J connectivity index is 1.72. The third-order valence-corrected chi connectivity index (χ3v) is 4.18. The van der Waals surface area contributed by atoms with Crippen molar-refractivity contribution >= 4 is 11.8 Å². The summed E-state index contributed by atoms with van der Waals surface area (Å²) in [6.07, 6.45) is 2.12. The number of phenols is 2. The van der Waals surface area contributed by atoms with Gasteiger partial charge in [0, 0.05) is 19.1 Å². The van der Waals surface area contributed by atoms with Gasteiger partial charge in [-0.3, -0.25) is 9.59 Å². The fourth-order valence-corrected chi connectivity index (χ4v) is 2.66. The zero-order chi connectivity index (χ0) is 19.6. The van der Waals surface area contributed by atoms with E-state index in [1.54, 1.807) is 36.4 Å². The molecule has 1 atom stereocenters. The molecule has 0 aromatic heterocycles. The van der Waals surface area contributed by atoms with E-state index < -0.39 is 0 Å². The van der Waals surface area contributed by atoms with Crippen LogP contribution in [0.3, 0.4) is 0 Å². The summed E-state index contributed by atoms with van der Waals surface area (Å²) >= 11 is 0. The van der Waals surface area contributed by atoms with Crippen LogP contribution >= 0.6 is 0 Å². The summed E-state index contributed by atoms with van der Waals surface area (Å²) in [6, 6.07) is 12.5. The predicted molar refractivity (Wildman–Crippen MR) is 103 cm³/mol. The molecule has 0 bridgehead atoms. The second-order valence-corrected chi connectivity index (χ2v) is 6.19. The number of phenolic OH excluding ortho intramolecular Hbond substituents is 2. The van der Waals surface area contributed by atoms with Crippen molar-refractivity contribution in [1.29, 1.82) is 0 Å². The van der Waals surface area contributed by atoms with Gasteiger partial charge < -0.3 is 26.6 Å². The quantitative estimate of drug-likeness (QED) is 0.430. The Hall–Kier alpha value is -3.06. The van der Waals surface area contributed by atoms with Gasteiger partial charge >= 0.3 is 0 Å². The van der Waals surface area contributed by atoms with Gasteiger partial charge in [0.1, 0.15) is 11.5 Å². The Labute approximate surface area is 158 Å². The number of nitrogens with one attached hydrogen (secondary N) is 2. The lowest BCUT2D eigenvalue weighted by atomic mass is 10.1. The molecule has 144 valence electrons. The minimum absolute atomic E-state index is 0.0509. The summed E-state index contributed by atoms with van der Waals surface area (Å²) in [5, 5.41) is 24.9. The maximum Gasteiger partial charge on any atom is 0.255 e. The van der Waals surface area contributed by atoms with Crippen LogP contribution in [0.25, 0.3) is 0 Å². The zero-order valence-corrected chi connectivity index (χ0v) is 15.0. The van der Waals surface area contributed by atoms with Gasteiger partial charge in [-0.05, 0) is 43.5 Å². The fourth-order valence-electron chi connectivity index (χ4n) is 2.66. The number of unbranched alkanes of at least 4 members (excludes halogenated alkanes) is 1. The standard InChI is InChI=1S/C20H25N3O4/c21-13-14(23-20(27)16-9-2-4-11-18(16)25)7-5-6-12-22-19(26)15-8-1-3-10-17(15)24/h1-4,8-11,14,24-25H,5-7,12-13,21H2,(H,22,26)(H,23,27)/t14-/m0/s1. The Kier molecular flexibility index (Phi) is 7.63. The first-order chi connectivity index (χ1) is 13.0. The lowest BCUT2D eigenvalue weighted by Crippen LogP contribution is -2.40. The van der Waals surface area contributed by atoms with Gasteiger partial charge in [-0.1, -0.05) is 24.3 Å². The van der Waals surface area contributed by atoms with Gasteiger partial charge in [0.25, 0.3) is 11.8 Å². The highest BCUT2D eigenvalue weighted by Crippen LogP contribution is 2.16. The van der Waals surface area contributed by atoms with Gasteiger partial charge in [0.2, 0.25) is 0 Å². The fraction of sp³-hybridized carbons (Fsp3) is 0.300. The predicted octanol–water partition coefficient (Wildman–Crippen LogP) is 1.76. The Morgan fingerprint density at radius 1 is 0.889 bits per heavy atom. The molecule has 6 N–H and O–H groups in total. The van der Waals surface area contributed by atoms with Crippen molar-refractivity contribution in [2.24, 2.45) is 5.73 Å². The van der Waals surface area contributed by atoms with Crippen molar-refractivity contribution in [3.63, 3.8) is 0 Å². The van der Waals surface area contributed by atoms with Crippen molar-refractivity contribution in [1.82, 2.24) is 10.6 Å². The largest absolute Gasteiger partial charge is 0.507 e. The molecular formula is C20H25N3O4. The average molecular weight is 371 g/mol. The van der Waals surface area contributed by atoms with Crippen LogP contribution in [0.4, 0.5) is 0 Å². The lowest BCUT2D eigenvalue weighted by molar-refractivity contribution is 0.0932. The summed E-state index contributed by atoms with van der Waals surface area (Å²) in [5.74, 6) is -0.810. The van der Waals surface area contributed by atoms with E-state index in [0.29, 0.717) is 19.4 Å². The number of amides is 2. The van der Waals surface area contributed by atoms with Crippen molar-refractivity contribution in [2.45, 2.75) is 25.3 Å². The molecule has 2 aromatic rings. The molecule has 7 nitrogen and oxygen atoms in total. The Bertz CT molecular complexity index is 779. The van der Waals surface area contributed by atoms with Crippen molar-refractivity contribution < 1.29 is 19.8 Å². The van der Waals surface area contributed by atoms with E-state index in [1.807, 2.05) is 0 Å². The van der Waals surface area contributed by atoms with E-state index in [2.05, 4.69) is 10.6 Å². The minimum atomic E-state index is -0.364. The molecule has 0 aliphatic heterocycles. The highest BCUT2D eigenvalue weighted by Gasteiger charge is 2.15. The van der Waals surface area contributed by atoms with Crippen LogP contribution in [0.15, 0.2) is 48.5 Å². The van der Waals surface area contributed by atoms with E-state index in [0.717, 1.165) is 6.42 Å². The second kappa shape index (κ2) is 10.2. The summed E-state index contributed by atoms with van der Waals surface area (Å²) in [5.41, 5.74) is 6.17. The first kappa shape index (κ1) is 20.3. The molecular weight excluding hydrogens is 346 g/mol. The Morgan fingerprint density at radius 3 is 2.00 bits per heavy atom. The number of rotatable bonds is 9. The normalized spacial score (nSPS) is 11.6. The SMILES string of the molecule is NC[C@H](CCCCNC(=O)c1ccccc1O)NC(=O)c1ccccc1O. The van der Waals surface area contributed by atoms with Crippen LogP contribution in [-0.4, -0.2) is 41.2 Å². The van der Waals surface area contributed by atoms with Crippen LogP contribution in [0.2, 0.25) is 0 Å². The smallest absolute Gasteiger partial charge is 0.255 e. The molecule has 0 fully saturated rings. The topological polar surface area (TPSA) is 125 Å². The van der Waals surface area contributed by atoms with Gasteiger partial charge in [-0.15, -0.1) is 0 Å². The number of para-hydroxylation sites is 2. The molecule has 0 aliphatic rings. The Morgan fingerprint density at radius 2 is 1.44 bits per heavy atom. The van der Waals surface area contributed by atoms with Gasteiger partial charge in [-0.25, -0.2) is 0 Å². The molecule has 0 radical (unpaired) electrons. The third-order valence-electron chi connectivity index (χ3n) is 4.18. The average Bonchev–Trinajstić information content (AvgIpc) is 2.67. The molecule has 2 aromatic carbocycles. The maximum absolute atomic E-state index is 12.2.